The second-order valence-electron chi connectivity index (χ2n) is 5.57. The van der Waals surface area contributed by atoms with Gasteiger partial charge in [0, 0.05) is 12.2 Å². The molecule has 2 heterocycles. The van der Waals surface area contributed by atoms with Gasteiger partial charge in [-0.25, -0.2) is 4.98 Å². The summed E-state index contributed by atoms with van der Waals surface area (Å²) in [7, 11) is 0. The van der Waals surface area contributed by atoms with E-state index in [1.165, 1.54) is 6.33 Å². The highest BCUT2D eigenvalue weighted by Gasteiger charge is 2.13. The molecule has 3 aromatic rings. The molecule has 0 saturated carbocycles. The van der Waals surface area contributed by atoms with Crippen LogP contribution in [0.4, 0.5) is 29.0 Å². The van der Waals surface area contributed by atoms with Gasteiger partial charge >= 0.3 is 5.95 Å². The summed E-state index contributed by atoms with van der Waals surface area (Å²) in [6.07, 6.45) is 1.49. The van der Waals surface area contributed by atoms with Gasteiger partial charge in [0.05, 0.1) is 12.2 Å². The summed E-state index contributed by atoms with van der Waals surface area (Å²) in [5.41, 5.74) is 2.66. The highest BCUT2D eigenvalue weighted by atomic mass is 15.3. The quantitative estimate of drug-likeness (QED) is 0.502. The SMILES string of the molecule is [C-]#[N+]c1nc(N=Nc2ccc(N(CC)Cc3ncn[nH]3)cc2C)[nH]c1[N+]#[C-]. The Bertz CT molecular complexity index is 1000. The lowest BCUT2D eigenvalue weighted by molar-refractivity contribution is 0.784. The lowest BCUT2D eigenvalue weighted by atomic mass is 10.1. The van der Waals surface area contributed by atoms with E-state index >= 15 is 0 Å². The first-order valence-electron chi connectivity index (χ1n) is 8.11. The Hall–Kier alpha value is -4.05. The zero-order valence-electron chi connectivity index (χ0n) is 14.8. The molecule has 0 radical (unpaired) electrons. The summed E-state index contributed by atoms with van der Waals surface area (Å²) in [4.78, 5) is 19.3. The third-order valence-electron chi connectivity index (χ3n) is 3.86. The summed E-state index contributed by atoms with van der Waals surface area (Å²) in [6, 6.07) is 5.84. The van der Waals surface area contributed by atoms with E-state index in [-0.39, 0.29) is 17.6 Å². The summed E-state index contributed by atoms with van der Waals surface area (Å²) in [5, 5.41) is 14.9. The molecule has 0 amide bonds. The van der Waals surface area contributed by atoms with Crippen molar-refractivity contribution in [2.75, 3.05) is 11.4 Å². The van der Waals surface area contributed by atoms with Crippen LogP contribution in [0.25, 0.3) is 9.69 Å². The second-order valence-corrected chi connectivity index (χ2v) is 5.57. The van der Waals surface area contributed by atoms with Crippen LogP contribution >= 0.6 is 0 Å². The van der Waals surface area contributed by atoms with Gasteiger partial charge in [-0.2, -0.15) is 5.10 Å². The maximum Gasteiger partial charge on any atom is 0.414 e. The van der Waals surface area contributed by atoms with Gasteiger partial charge in [0.15, 0.2) is 0 Å². The standard InChI is InChI=1S/C17H16N10/c1-5-27(9-14-20-10-21-25-14)12-6-7-13(11(2)8-12)24-26-17-22-15(18-3)16(19-4)23-17/h6-8,10H,5,9H2,1-2H3,(H,22,23)(H,20,21,25). The fourth-order valence-corrected chi connectivity index (χ4v) is 2.47. The zero-order valence-corrected chi connectivity index (χ0v) is 14.8. The Kier molecular flexibility index (Phi) is 5.19. The molecule has 134 valence electrons. The van der Waals surface area contributed by atoms with E-state index in [0.717, 1.165) is 23.6 Å². The van der Waals surface area contributed by atoms with Gasteiger partial charge in [-0.15, -0.1) is 5.11 Å². The van der Waals surface area contributed by atoms with Crippen molar-refractivity contribution in [3.05, 3.63) is 58.7 Å². The number of hydrogen-bond acceptors (Lipinski definition) is 6. The molecule has 0 fully saturated rings. The van der Waals surface area contributed by atoms with Gasteiger partial charge in [0.1, 0.15) is 12.2 Å². The molecule has 27 heavy (non-hydrogen) atoms. The molecule has 0 aliphatic rings. The van der Waals surface area contributed by atoms with E-state index in [4.69, 9.17) is 13.1 Å². The number of hydrogen-bond donors (Lipinski definition) is 2. The van der Waals surface area contributed by atoms with Crippen LogP contribution in [0.3, 0.4) is 0 Å². The predicted octanol–water partition coefficient (Wildman–Crippen LogP) is 4.38. The molecule has 0 bridgehead atoms. The minimum Gasteiger partial charge on any atom is -0.373 e. The Morgan fingerprint density at radius 2 is 2.07 bits per heavy atom. The number of aryl methyl sites for hydroxylation is 1. The monoisotopic (exact) mass is 360 g/mol. The number of aromatic amines is 2. The van der Waals surface area contributed by atoms with Crippen molar-refractivity contribution in [2.24, 2.45) is 10.2 Å². The minimum absolute atomic E-state index is 0.00276. The molecule has 2 N–H and O–H groups in total. The van der Waals surface area contributed by atoms with Crippen LogP contribution < -0.4 is 4.90 Å². The van der Waals surface area contributed by atoms with Crippen LogP contribution in [0, 0.1) is 20.1 Å². The van der Waals surface area contributed by atoms with Gasteiger partial charge in [0.2, 0.25) is 0 Å². The Morgan fingerprint density at radius 1 is 1.22 bits per heavy atom. The van der Waals surface area contributed by atoms with Gasteiger partial charge in [-0.05, 0) is 37.6 Å². The summed E-state index contributed by atoms with van der Waals surface area (Å²) < 4.78 is 0. The lowest BCUT2D eigenvalue weighted by Gasteiger charge is -2.22. The molecule has 2 aromatic heterocycles. The number of benzene rings is 1. The number of rotatable bonds is 6. The molecule has 0 aliphatic heterocycles. The van der Waals surface area contributed by atoms with Gasteiger partial charge in [-0.3, -0.25) is 10.1 Å². The fourth-order valence-electron chi connectivity index (χ4n) is 2.47. The van der Waals surface area contributed by atoms with Crippen LogP contribution in [-0.2, 0) is 6.54 Å². The van der Waals surface area contributed by atoms with Crippen LogP contribution in [0.2, 0.25) is 0 Å². The van der Waals surface area contributed by atoms with E-state index in [9.17, 15) is 0 Å². The van der Waals surface area contributed by atoms with Gasteiger partial charge in [0.25, 0.3) is 11.6 Å². The normalized spacial score (nSPS) is 10.7. The second kappa shape index (κ2) is 7.89. The Balaban J connectivity index is 1.79. The molecule has 0 atom stereocenters. The number of nitrogens with one attached hydrogen (secondary N) is 2. The first kappa shape index (κ1) is 17.8. The van der Waals surface area contributed by atoms with Gasteiger partial charge in [-0.1, -0.05) is 23.2 Å². The largest absolute Gasteiger partial charge is 0.414 e. The van der Waals surface area contributed by atoms with E-state index in [2.05, 4.69) is 56.9 Å². The molecule has 0 spiro atoms. The number of azo groups is 1. The van der Waals surface area contributed by atoms with Crippen LogP contribution in [-0.4, -0.2) is 31.7 Å². The number of H-pyrrole nitrogens is 2. The van der Waals surface area contributed by atoms with Crippen molar-refractivity contribution in [3.8, 4) is 0 Å². The molecule has 3 rings (SSSR count). The maximum atomic E-state index is 7.01. The molecule has 10 nitrogen and oxygen atoms in total. The smallest absolute Gasteiger partial charge is 0.373 e. The molecular weight excluding hydrogens is 344 g/mol. The van der Waals surface area contributed by atoms with E-state index in [1.807, 2.05) is 25.1 Å². The first-order chi connectivity index (χ1) is 13.1. The Labute approximate surface area is 155 Å². The van der Waals surface area contributed by atoms with Crippen molar-refractivity contribution in [3.63, 3.8) is 0 Å². The average Bonchev–Trinajstić information content (AvgIpc) is 3.34. The van der Waals surface area contributed by atoms with Crippen LogP contribution in [0.5, 0.6) is 0 Å². The summed E-state index contributed by atoms with van der Waals surface area (Å²) >= 11 is 0. The lowest BCUT2D eigenvalue weighted by Crippen LogP contribution is -2.22. The zero-order chi connectivity index (χ0) is 19.2. The van der Waals surface area contributed by atoms with Crippen molar-refractivity contribution in [1.82, 2.24) is 25.1 Å². The number of nitrogens with zero attached hydrogens (tertiary/aromatic N) is 8. The van der Waals surface area contributed by atoms with Crippen molar-refractivity contribution >= 4 is 29.0 Å². The van der Waals surface area contributed by atoms with Crippen molar-refractivity contribution < 1.29 is 0 Å². The summed E-state index contributed by atoms with van der Waals surface area (Å²) in [5.74, 6) is 0.993. The molecule has 0 saturated heterocycles. The molecule has 0 aliphatic carbocycles. The van der Waals surface area contributed by atoms with Crippen molar-refractivity contribution in [1.29, 1.82) is 0 Å². The van der Waals surface area contributed by atoms with E-state index in [0.29, 0.717) is 12.2 Å². The topological polar surface area (TPSA) is 107 Å². The first-order valence-corrected chi connectivity index (χ1v) is 8.11. The average molecular weight is 360 g/mol. The van der Waals surface area contributed by atoms with Crippen molar-refractivity contribution in [2.45, 2.75) is 20.4 Å². The molecular formula is C17H16N10. The number of imidazole rings is 1. The van der Waals surface area contributed by atoms with Crippen LogP contribution in [0.1, 0.15) is 18.3 Å². The third kappa shape index (κ3) is 3.96. The van der Waals surface area contributed by atoms with Crippen LogP contribution in [0.15, 0.2) is 34.8 Å². The molecule has 1 aromatic carbocycles. The van der Waals surface area contributed by atoms with Gasteiger partial charge < -0.3 is 14.6 Å². The minimum atomic E-state index is -0.00276. The maximum absolute atomic E-state index is 7.01. The predicted molar refractivity (Wildman–Crippen MR) is 99.6 cm³/mol. The number of aromatic nitrogens is 5. The highest BCUT2D eigenvalue weighted by molar-refractivity contribution is 5.64. The van der Waals surface area contributed by atoms with E-state index in [1.54, 1.807) is 0 Å². The molecule has 10 heteroatoms. The highest BCUT2D eigenvalue weighted by Crippen LogP contribution is 2.30. The molecule has 0 unspecified atom stereocenters. The third-order valence-corrected chi connectivity index (χ3v) is 3.86. The van der Waals surface area contributed by atoms with E-state index < -0.39 is 0 Å². The Morgan fingerprint density at radius 3 is 2.67 bits per heavy atom. The fraction of sp³-hybridized carbons (Fsp3) is 0.235. The number of anilines is 1. The summed E-state index contributed by atoms with van der Waals surface area (Å²) in [6.45, 7) is 19.5.